The lowest BCUT2D eigenvalue weighted by Crippen LogP contribution is -1.97. The fourth-order valence-electron chi connectivity index (χ4n) is 1.94. The molecule has 0 amide bonds. The molecule has 0 aromatic heterocycles. The Morgan fingerprint density at radius 3 is 2.79 bits per heavy atom. The molecule has 0 heterocycles. The Morgan fingerprint density at radius 2 is 2.05 bits per heavy atom. The van der Waals surface area contributed by atoms with Crippen LogP contribution in [0.4, 0.5) is 0 Å². The Balaban J connectivity index is 2.54. The lowest BCUT2D eigenvalue weighted by atomic mass is 10.0. The van der Waals surface area contributed by atoms with E-state index in [-0.39, 0.29) is 0 Å². The van der Waals surface area contributed by atoms with Crippen LogP contribution in [-0.2, 0) is 4.79 Å². The van der Waals surface area contributed by atoms with Crippen LogP contribution < -0.4 is 4.74 Å². The molecule has 0 bridgehead atoms. The molecule has 0 saturated heterocycles. The summed E-state index contributed by atoms with van der Waals surface area (Å²) in [4.78, 5) is 10.7. The Morgan fingerprint density at radius 1 is 1.26 bits per heavy atom. The summed E-state index contributed by atoms with van der Waals surface area (Å²) >= 11 is 0. The number of carboxylic acid groups (broad SMARTS) is 1. The maximum absolute atomic E-state index is 10.7. The van der Waals surface area contributed by atoms with Crippen molar-refractivity contribution in [2.24, 2.45) is 0 Å². The number of fused-ring (bicyclic) bond motifs is 1. The second-order valence-corrected chi connectivity index (χ2v) is 4.22. The van der Waals surface area contributed by atoms with Crippen molar-refractivity contribution in [3.05, 3.63) is 48.0 Å². The van der Waals surface area contributed by atoms with Crippen LogP contribution in [0.5, 0.6) is 5.75 Å². The van der Waals surface area contributed by atoms with Crippen LogP contribution in [0.3, 0.4) is 0 Å². The molecule has 2 rings (SSSR count). The van der Waals surface area contributed by atoms with E-state index in [1.807, 2.05) is 43.3 Å². The van der Waals surface area contributed by atoms with Gasteiger partial charge < -0.3 is 9.84 Å². The van der Waals surface area contributed by atoms with Crippen molar-refractivity contribution in [1.29, 1.82) is 0 Å². The molecular formula is C16H16O3. The Hall–Kier alpha value is -2.29. The zero-order valence-electron chi connectivity index (χ0n) is 10.8. The molecule has 3 heteroatoms. The first-order chi connectivity index (χ1) is 9.22. The maximum atomic E-state index is 10.7. The number of aliphatic carboxylic acids is 1. The van der Waals surface area contributed by atoms with E-state index in [0.717, 1.165) is 34.6 Å². The number of hydrogen-bond donors (Lipinski definition) is 1. The second-order valence-electron chi connectivity index (χ2n) is 4.22. The second kappa shape index (κ2) is 6.05. The average molecular weight is 256 g/mol. The highest BCUT2D eigenvalue weighted by molar-refractivity contribution is 5.96. The van der Waals surface area contributed by atoms with E-state index < -0.39 is 5.97 Å². The van der Waals surface area contributed by atoms with Gasteiger partial charge in [0.25, 0.3) is 0 Å². The third-order valence-corrected chi connectivity index (χ3v) is 2.78. The monoisotopic (exact) mass is 256 g/mol. The molecule has 0 aliphatic rings. The van der Waals surface area contributed by atoms with E-state index in [1.54, 1.807) is 6.08 Å². The lowest BCUT2D eigenvalue weighted by Gasteiger charge is -2.11. The van der Waals surface area contributed by atoms with Crippen LogP contribution >= 0.6 is 0 Å². The minimum atomic E-state index is -0.964. The molecule has 98 valence electrons. The molecule has 0 radical (unpaired) electrons. The molecule has 2 aromatic rings. The first-order valence-corrected chi connectivity index (χ1v) is 6.28. The highest BCUT2D eigenvalue weighted by Gasteiger charge is 2.06. The molecule has 0 aliphatic carbocycles. The van der Waals surface area contributed by atoms with Gasteiger partial charge in [0.1, 0.15) is 5.75 Å². The van der Waals surface area contributed by atoms with Crippen LogP contribution in [0, 0.1) is 0 Å². The number of carbonyl (C=O) groups is 1. The van der Waals surface area contributed by atoms with Crippen molar-refractivity contribution >= 4 is 22.8 Å². The van der Waals surface area contributed by atoms with E-state index in [1.165, 1.54) is 0 Å². The molecule has 0 atom stereocenters. The third kappa shape index (κ3) is 3.13. The van der Waals surface area contributed by atoms with Crippen molar-refractivity contribution in [2.75, 3.05) is 6.61 Å². The third-order valence-electron chi connectivity index (χ3n) is 2.78. The average Bonchev–Trinajstić information content (AvgIpc) is 2.42. The Kier molecular flexibility index (Phi) is 4.18. The minimum Gasteiger partial charge on any atom is -0.493 e. The normalized spacial score (nSPS) is 11.0. The molecule has 0 unspecified atom stereocenters. The predicted octanol–water partition coefficient (Wildman–Crippen LogP) is 3.73. The van der Waals surface area contributed by atoms with Crippen LogP contribution in [0.1, 0.15) is 18.9 Å². The molecular weight excluding hydrogens is 240 g/mol. The predicted molar refractivity (Wildman–Crippen MR) is 76.4 cm³/mol. The van der Waals surface area contributed by atoms with Crippen molar-refractivity contribution in [3.8, 4) is 5.75 Å². The van der Waals surface area contributed by atoms with Crippen LogP contribution in [-0.4, -0.2) is 17.7 Å². The van der Waals surface area contributed by atoms with Crippen LogP contribution in [0.25, 0.3) is 16.8 Å². The van der Waals surface area contributed by atoms with Crippen molar-refractivity contribution in [3.63, 3.8) is 0 Å². The summed E-state index contributed by atoms with van der Waals surface area (Å²) in [5.41, 5.74) is 0.814. The number of ether oxygens (including phenoxy) is 1. The molecule has 0 fully saturated rings. The molecule has 2 aromatic carbocycles. The fraction of sp³-hybridized carbons (Fsp3) is 0.188. The summed E-state index contributed by atoms with van der Waals surface area (Å²) in [6, 6.07) is 11.7. The summed E-state index contributed by atoms with van der Waals surface area (Å²) in [5.74, 6) is -0.243. The van der Waals surface area contributed by atoms with E-state index in [2.05, 4.69) is 0 Å². The highest BCUT2D eigenvalue weighted by atomic mass is 16.5. The summed E-state index contributed by atoms with van der Waals surface area (Å²) < 4.78 is 5.68. The Labute approximate surface area is 112 Å². The van der Waals surface area contributed by atoms with Crippen LogP contribution in [0.2, 0.25) is 0 Å². The van der Waals surface area contributed by atoms with Crippen molar-refractivity contribution < 1.29 is 14.6 Å². The fourth-order valence-corrected chi connectivity index (χ4v) is 1.94. The van der Waals surface area contributed by atoms with Gasteiger partial charge in [0.05, 0.1) is 6.61 Å². The summed E-state index contributed by atoms with van der Waals surface area (Å²) in [5, 5.41) is 10.8. The van der Waals surface area contributed by atoms with Crippen molar-refractivity contribution in [2.45, 2.75) is 13.3 Å². The van der Waals surface area contributed by atoms with E-state index in [4.69, 9.17) is 9.84 Å². The van der Waals surface area contributed by atoms with Gasteiger partial charge in [-0.3, -0.25) is 0 Å². The molecule has 0 saturated carbocycles. The SMILES string of the molecule is CCCOc1ccc2ccccc2c1/C=C/C(=O)O. The van der Waals surface area contributed by atoms with E-state index in [9.17, 15) is 4.79 Å². The number of carboxylic acids is 1. The first kappa shape index (κ1) is 13.1. The lowest BCUT2D eigenvalue weighted by molar-refractivity contribution is -0.131. The van der Waals surface area contributed by atoms with E-state index in [0.29, 0.717) is 6.61 Å². The van der Waals surface area contributed by atoms with E-state index >= 15 is 0 Å². The topological polar surface area (TPSA) is 46.5 Å². The smallest absolute Gasteiger partial charge is 0.328 e. The molecule has 19 heavy (non-hydrogen) atoms. The molecule has 0 spiro atoms. The van der Waals surface area contributed by atoms with Gasteiger partial charge in [-0.2, -0.15) is 0 Å². The van der Waals surface area contributed by atoms with Crippen LogP contribution in [0.15, 0.2) is 42.5 Å². The zero-order chi connectivity index (χ0) is 13.7. The molecule has 1 N–H and O–H groups in total. The van der Waals surface area contributed by atoms with Gasteiger partial charge >= 0.3 is 5.97 Å². The first-order valence-electron chi connectivity index (χ1n) is 6.28. The summed E-state index contributed by atoms with van der Waals surface area (Å²) in [6.45, 7) is 2.65. The summed E-state index contributed by atoms with van der Waals surface area (Å²) in [6.07, 6.45) is 3.64. The highest BCUT2D eigenvalue weighted by Crippen LogP contribution is 2.29. The standard InChI is InChI=1S/C16H16O3/c1-2-11-19-15-9-7-12-5-3-4-6-13(12)14(15)8-10-16(17)18/h3-10H,2,11H2,1H3,(H,17,18)/b10-8+. The summed E-state index contributed by atoms with van der Waals surface area (Å²) in [7, 11) is 0. The number of hydrogen-bond acceptors (Lipinski definition) is 2. The minimum absolute atomic E-state index is 0.617. The van der Waals surface area contributed by atoms with Gasteiger partial charge in [0, 0.05) is 11.6 Å². The largest absolute Gasteiger partial charge is 0.493 e. The molecule has 3 nitrogen and oxygen atoms in total. The van der Waals surface area contributed by atoms with Crippen molar-refractivity contribution in [1.82, 2.24) is 0 Å². The molecule has 0 aliphatic heterocycles. The quantitative estimate of drug-likeness (QED) is 0.829. The zero-order valence-corrected chi connectivity index (χ0v) is 10.8. The number of rotatable bonds is 5. The number of benzene rings is 2. The van der Waals surface area contributed by atoms with Gasteiger partial charge in [-0.05, 0) is 29.3 Å². The van der Waals surface area contributed by atoms with Gasteiger partial charge in [0.15, 0.2) is 0 Å². The van der Waals surface area contributed by atoms with Gasteiger partial charge in [-0.25, -0.2) is 4.79 Å². The maximum Gasteiger partial charge on any atom is 0.328 e. The van der Waals surface area contributed by atoms with Gasteiger partial charge in [-0.15, -0.1) is 0 Å². The van der Waals surface area contributed by atoms with Gasteiger partial charge in [0.2, 0.25) is 0 Å². The van der Waals surface area contributed by atoms with Gasteiger partial charge in [-0.1, -0.05) is 37.3 Å². The Bertz CT molecular complexity index is 614.